The van der Waals surface area contributed by atoms with Crippen molar-refractivity contribution in [3.8, 4) is 11.5 Å². The Morgan fingerprint density at radius 2 is 1.76 bits per heavy atom. The van der Waals surface area contributed by atoms with E-state index in [0.717, 1.165) is 22.4 Å². The molecule has 2 heterocycles. The molecule has 33 heavy (non-hydrogen) atoms. The molecule has 5 rings (SSSR count). The highest BCUT2D eigenvalue weighted by Crippen LogP contribution is 2.44. The molecule has 0 bridgehead atoms. The minimum absolute atomic E-state index is 0.0189. The number of phenolic OH excluding ortho intramolecular Hbond substituents is 1. The molecule has 2 aliphatic heterocycles. The molecule has 0 aliphatic carbocycles. The molecule has 1 fully saturated rings. The zero-order valence-electron chi connectivity index (χ0n) is 18.3. The van der Waals surface area contributed by atoms with Crippen LogP contribution in [0, 0.1) is 13.8 Å². The van der Waals surface area contributed by atoms with Crippen LogP contribution in [0.2, 0.25) is 0 Å². The molecule has 166 valence electrons. The van der Waals surface area contributed by atoms with Crippen LogP contribution in [-0.4, -0.2) is 28.5 Å². The van der Waals surface area contributed by atoms with Crippen LogP contribution >= 0.6 is 0 Å². The van der Waals surface area contributed by atoms with Gasteiger partial charge in [0.2, 0.25) is 0 Å². The van der Waals surface area contributed by atoms with Crippen molar-refractivity contribution in [3.05, 3.63) is 94.1 Å². The SMILES string of the molecule is Cc1ccc(C)c(N2C(=O)C(=O)/C(=C(\O)c3ccc4c(c3)CCO4)C2c2ccc(O)cc2)c1. The van der Waals surface area contributed by atoms with Crippen LogP contribution in [0.4, 0.5) is 5.69 Å². The summed E-state index contributed by atoms with van der Waals surface area (Å²) in [6, 6.07) is 16.5. The number of ether oxygens (including phenoxy) is 1. The fraction of sp³-hybridized carbons (Fsp3) is 0.185. The lowest BCUT2D eigenvalue weighted by atomic mass is 9.94. The summed E-state index contributed by atoms with van der Waals surface area (Å²) in [6.07, 6.45) is 0.717. The van der Waals surface area contributed by atoms with Gasteiger partial charge in [0, 0.05) is 17.7 Å². The standard InChI is InChI=1S/C27H23NO5/c1-15-3-4-16(2)21(13-15)28-24(17-5-8-20(29)9-6-17)23(26(31)27(28)32)25(30)19-7-10-22-18(14-19)11-12-33-22/h3-10,13-14,24,29-30H,11-12H2,1-2H3/b25-23-. The number of hydrogen-bond acceptors (Lipinski definition) is 5. The molecule has 0 spiro atoms. The first-order valence-electron chi connectivity index (χ1n) is 10.8. The molecule has 3 aromatic rings. The molecule has 0 saturated carbocycles. The summed E-state index contributed by atoms with van der Waals surface area (Å²) in [4.78, 5) is 28.1. The quantitative estimate of drug-likeness (QED) is 0.353. The van der Waals surface area contributed by atoms with E-state index >= 15 is 0 Å². The van der Waals surface area contributed by atoms with Crippen molar-refractivity contribution in [3.63, 3.8) is 0 Å². The summed E-state index contributed by atoms with van der Waals surface area (Å²) in [7, 11) is 0. The molecule has 1 atom stereocenters. The molecule has 1 saturated heterocycles. The first-order valence-corrected chi connectivity index (χ1v) is 10.8. The number of anilines is 1. The van der Waals surface area contributed by atoms with Crippen LogP contribution in [0.5, 0.6) is 11.5 Å². The Hall–Kier alpha value is -4.06. The summed E-state index contributed by atoms with van der Waals surface area (Å²) in [5, 5.41) is 21.1. The zero-order chi connectivity index (χ0) is 23.3. The smallest absolute Gasteiger partial charge is 0.300 e. The minimum Gasteiger partial charge on any atom is -0.508 e. The number of aliphatic hydroxyl groups is 1. The summed E-state index contributed by atoms with van der Waals surface area (Å²) >= 11 is 0. The van der Waals surface area contributed by atoms with Gasteiger partial charge in [-0.25, -0.2) is 0 Å². The van der Waals surface area contributed by atoms with Crippen LogP contribution in [0.3, 0.4) is 0 Å². The number of carbonyl (C=O) groups excluding carboxylic acids is 2. The van der Waals surface area contributed by atoms with Crippen molar-refractivity contribution in [2.24, 2.45) is 0 Å². The third kappa shape index (κ3) is 3.44. The number of ketones is 1. The maximum atomic E-state index is 13.3. The molecular formula is C27H23NO5. The van der Waals surface area contributed by atoms with Gasteiger partial charge in [-0.3, -0.25) is 14.5 Å². The minimum atomic E-state index is -0.837. The predicted octanol–water partition coefficient (Wildman–Crippen LogP) is 4.57. The second-order valence-electron chi connectivity index (χ2n) is 8.47. The van der Waals surface area contributed by atoms with Crippen LogP contribution < -0.4 is 9.64 Å². The van der Waals surface area contributed by atoms with Gasteiger partial charge in [-0.2, -0.15) is 0 Å². The molecule has 6 nitrogen and oxygen atoms in total. The Morgan fingerprint density at radius 3 is 2.52 bits per heavy atom. The molecular weight excluding hydrogens is 418 g/mol. The van der Waals surface area contributed by atoms with Gasteiger partial charge in [0.25, 0.3) is 11.7 Å². The van der Waals surface area contributed by atoms with Crippen molar-refractivity contribution >= 4 is 23.1 Å². The highest BCUT2D eigenvalue weighted by atomic mass is 16.5. The lowest BCUT2D eigenvalue weighted by molar-refractivity contribution is -0.132. The van der Waals surface area contributed by atoms with E-state index in [4.69, 9.17) is 4.74 Å². The van der Waals surface area contributed by atoms with Gasteiger partial charge < -0.3 is 14.9 Å². The third-order valence-electron chi connectivity index (χ3n) is 6.24. The Kier molecular flexibility index (Phi) is 4.93. The van der Waals surface area contributed by atoms with Gasteiger partial charge >= 0.3 is 0 Å². The Bertz CT molecular complexity index is 1320. The van der Waals surface area contributed by atoms with E-state index in [1.165, 1.54) is 17.0 Å². The second-order valence-corrected chi connectivity index (χ2v) is 8.47. The van der Waals surface area contributed by atoms with Gasteiger partial charge in [-0.05, 0) is 72.5 Å². The van der Waals surface area contributed by atoms with Crippen molar-refractivity contribution in [1.29, 1.82) is 0 Å². The van der Waals surface area contributed by atoms with Gasteiger partial charge in [0.05, 0.1) is 18.2 Å². The topological polar surface area (TPSA) is 87.1 Å². The fourth-order valence-electron chi connectivity index (χ4n) is 4.52. The molecule has 2 N–H and O–H groups in total. The molecule has 3 aromatic carbocycles. The van der Waals surface area contributed by atoms with E-state index in [2.05, 4.69) is 0 Å². The first-order chi connectivity index (χ1) is 15.8. The average Bonchev–Trinajstić information content (AvgIpc) is 3.38. The maximum Gasteiger partial charge on any atom is 0.300 e. The first kappa shape index (κ1) is 20.8. The highest BCUT2D eigenvalue weighted by molar-refractivity contribution is 6.51. The van der Waals surface area contributed by atoms with E-state index in [1.54, 1.807) is 30.3 Å². The number of amides is 1. The normalized spacial score (nSPS) is 19.0. The summed E-state index contributed by atoms with van der Waals surface area (Å²) in [6.45, 7) is 4.37. The summed E-state index contributed by atoms with van der Waals surface area (Å²) < 4.78 is 5.55. The molecule has 6 heteroatoms. The van der Waals surface area contributed by atoms with Crippen molar-refractivity contribution in [2.45, 2.75) is 26.3 Å². The van der Waals surface area contributed by atoms with E-state index in [-0.39, 0.29) is 17.1 Å². The van der Waals surface area contributed by atoms with Gasteiger partial charge in [0.1, 0.15) is 17.3 Å². The maximum absolute atomic E-state index is 13.3. The molecule has 0 radical (unpaired) electrons. The fourth-order valence-corrected chi connectivity index (χ4v) is 4.52. The monoisotopic (exact) mass is 441 g/mol. The van der Waals surface area contributed by atoms with Crippen LogP contribution in [0.25, 0.3) is 5.76 Å². The highest BCUT2D eigenvalue weighted by Gasteiger charge is 2.47. The van der Waals surface area contributed by atoms with E-state index in [9.17, 15) is 19.8 Å². The molecule has 1 unspecified atom stereocenters. The van der Waals surface area contributed by atoms with Crippen LogP contribution in [-0.2, 0) is 16.0 Å². The van der Waals surface area contributed by atoms with Crippen molar-refractivity contribution in [2.75, 3.05) is 11.5 Å². The van der Waals surface area contributed by atoms with Gasteiger partial charge in [0.15, 0.2) is 0 Å². The number of benzene rings is 3. The number of hydrogen-bond donors (Lipinski definition) is 2. The number of rotatable bonds is 3. The van der Waals surface area contributed by atoms with E-state index in [1.807, 2.05) is 32.0 Å². The number of nitrogens with zero attached hydrogens (tertiary/aromatic N) is 1. The van der Waals surface area contributed by atoms with Crippen LogP contribution in [0.15, 0.2) is 66.2 Å². The third-order valence-corrected chi connectivity index (χ3v) is 6.24. The Morgan fingerprint density at radius 1 is 1.00 bits per heavy atom. The predicted molar refractivity (Wildman–Crippen MR) is 124 cm³/mol. The number of carbonyl (C=O) groups is 2. The van der Waals surface area contributed by atoms with Gasteiger partial charge in [-0.15, -0.1) is 0 Å². The molecule has 0 aromatic heterocycles. The largest absolute Gasteiger partial charge is 0.508 e. The van der Waals surface area contributed by atoms with Gasteiger partial charge in [-0.1, -0.05) is 24.3 Å². The van der Waals surface area contributed by atoms with Crippen molar-refractivity contribution in [1.82, 2.24) is 0 Å². The zero-order valence-corrected chi connectivity index (χ0v) is 18.3. The van der Waals surface area contributed by atoms with Crippen LogP contribution in [0.1, 0.15) is 33.9 Å². The number of aryl methyl sites for hydroxylation is 2. The number of aromatic hydroxyl groups is 1. The van der Waals surface area contributed by atoms with Crippen molar-refractivity contribution < 1.29 is 24.5 Å². The average molecular weight is 441 g/mol. The summed E-state index contributed by atoms with van der Waals surface area (Å²) in [5.41, 5.74) is 4.42. The number of Topliss-reactive ketones (excluding diaryl/α,β-unsaturated/α-hetero) is 1. The van der Waals surface area contributed by atoms with E-state index < -0.39 is 17.7 Å². The lowest BCUT2D eigenvalue weighted by Gasteiger charge is -2.27. The second kappa shape index (κ2) is 7.81. The number of phenols is 1. The molecule has 1 amide bonds. The number of aliphatic hydroxyl groups excluding tert-OH is 1. The Balaban J connectivity index is 1.73. The van der Waals surface area contributed by atoms with E-state index in [0.29, 0.717) is 29.8 Å². The molecule has 2 aliphatic rings. The summed E-state index contributed by atoms with van der Waals surface area (Å²) in [5.74, 6) is -0.844. The number of fused-ring (bicyclic) bond motifs is 1. The Labute approximate surface area is 191 Å². The lowest BCUT2D eigenvalue weighted by Crippen LogP contribution is -2.30.